The van der Waals surface area contributed by atoms with E-state index in [9.17, 15) is 61.0 Å². The van der Waals surface area contributed by atoms with Crippen molar-refractivity contribution in [3.63, 3.8) is 0 Å². The Morgan fingerprint density at radius 3 is 1.11 bits per heavy atom. The molecule has 3 aliphatic rings. The number of ether oxygens (including phenoxy) is 6. The third-order valence-electron chi connectivity index (χ3n) is 19.3. The molecule has 17 atom stereocenters. The number of aliphatic hydroxyl groups excluding tert-OH is 11. The van der Waals surface area contributed by atoms with Crippen molar-refractivity contribution in [3.05, 3.63) is 97.2 Å². The van der Waals surface area contributed by atoms with E-state index in [0.29, 0.717) is 12.8 Å². The monoisotopic (exact) mass is 1430 g/mol. The lowest BCUT2D eigenvalue weighted by Crippen LogP contribution is -2.66. The highest BCUT2D eigenvalue weighted by molar-refractivity contribution is 5.76. The van der Waals surface area contributed by atoms with Crippen LogP contribution in [0.4, 0.5) is 0 Å². The van der Waals surface area contributed by atoms with Gasteiger partial charge in [-0.25, -0.2) is 0 Å². The summed E-state index contributed by atoms with van der Waals surface area (Å²) in [5.74, 6) is -0.289. The molecule has 3 heterocycles. The molecule has 0 spiro atoms. The number of nitrogens with one attached hydrogen (secondary N) is 1. The highest BCUT2D eigenvalue weighted by Gasteiger charge is 2.54. The van der Waals surface area contributed by atoms with Crippen LogP contribution in [0, 0.1) is 0 Å². The van der Waals surface area contributed by atoms with E-state index in [4.69, 9.17) is 28.4 Å². The molecule has 0 radical (unpaired) electrons. The smallest absolute Gasteiger partial charge is 0.220 e. The molecular weight excluding hydrogens is 1290 g/mol. The maximum atomic E-state index is 13.5. The van der Waals surface area contributed by atoms with Crippen molar-refractivity contribution in [2.45, 2.75) is 388 Å². The topological polar surface area (TPSA) is 307 Å². The van der Waals surface area contributed by atoms with E-state index < -0.39 is 124 Å². The number of amides is 1. The Morgan fingerprint density at radius 2 is 0.693 bits per heavy atom. The van der Waals surface area contributed by atoms with Crippen molar-refractivity contribution in [2.24, 2.45) is 0 Å². The van der Waals surface area contributed by atoms with E-state index >= 15 is 0 Å². The lowest BCUT2D eigenvalue weighted by molar-refractivity contribution is -0.379. The zero-order chi connectivity index (χ0) is 73.2. The van der Waals surface area contributed by atoms with Gasteiger partial charge in [0.2, 0.25) is 5.91 Å². The summed E-state index contributed by atoms with van der Waals surface area (Å²) in [4.78, 5) is 13.5. The normalized spacial score (nSPS) is 26.8. The summed E-state index contributed by atoms with van der Waals surface area (Å²) in [6.45, 7) is 1.62. The number of allylic oxidation sites excluding steroid dienone is 15. The van der Waals surface area contributed by atoms with Crippen LogP contribution in [0.15, 0.2) is 97.2 Å². The van der Waals surface area contributed by atoms with Gasteiger partial charge in [0.15, 0.2) is 18.9 Å². The maximum absolute atomic E-state index is 13.5. The molecule has 3 rings (SSSR count). The first kappa shape index (κ1) is 91.9. The van der Waals surface area contributed by atoms with Gasteiger partial charge < -0.3 is 89.9 Å². The molecule has 101 heavy (non-hydrogen) atoms. The third kappa shape index (κ3) is 42.0. The summed E-state index contributed by atoms with van der Waals surface area (Å²) in [6, 6.07) is -1.00. The minimum Gasteiger partial charge on any atom is -0.394 e. The molecule has 0 bridgehead atoms. The van der Waals surface area contributed by atoms with Crippen LogP contribution in [0.2, 0.25) is 0 Å². The van der Waals surface area contributed by atoms with Crippen LogP contribution in [0.5, 0.6) is 0 Å². The summed E-state index contributed by atoms with van der Waals surface area (Å²) in [7, 11) is 0. The standard InChI is InChI=1S/C82H143NO18/c1-3-5-7-9-11-13-15-17-19-21-23-25-27-28-29-30-31-32-33-34-35-36-38-40-42-44-46-48-50-52-54-56-58-60-70(88)83-65(66(87)59-57-55-53-51-49-47-45-43-41-39-37-26-24-22-20-18-16-14-12-10-8-6-4-2)64-96-80-76(94)73(91)78(68(62-85)98-80)101-82-77(95)74(92)79(69(63-86)99-82)100-81-75(93)72(90)71(89)67(61-84)97-81/h5,7,11,13,17,19,23,25,28-29,41,43,49,51,57,59,65-69,71-82,84-87,89-95H,3-4,6,8-10,12,14-16,18,20-22,24,26-27,30-40,42,44-48,50,52-56,58,60-64H2,1-2H3,(H,83,88)/b7-5-,13-11-,19-17-,25-23-,29-28-,43-41+,51-49+,59-57+. The maximum Gasteiger partial charge on any atom is 0.220 e. The molecule has 0 saturated carbocycles. The first-order valence-corrected chi connectivity index (χ1v) is 40.0. The molecule has 584 valence electrons. The molecule has 3 fully saturated rings. The van der Waals surface area contributed by atoms with Crippen molar-refractivity contribution >= 4 is 5.91 Å². The molecule has 3 aliphatic heterocycles. The van der Waals surface area contributed by atoms with E-state index in [1.54, 1.807) is 6.08 Å². The first-order valence-electron chi connectivity index (χ1n) is 40.0. The summed E-state index contributed by atoms with van der Waals surface area (Å²) in [5, 5.41) is 121. The first-order chi connectivity index (χ1) is 49.3. The van der Waals surface area contributed by atoms with Gasteiger partial charge in [-0.05, 0) is 89.9 Å². The van der Waals surface area contributed by atoms with Gasteiger partial charge in [0.1, 0.15) is 73.2 Å². The third-order valence-corrected chi connectivity index (χ3v) is 19.3. The Morgan fingerprint density at radius 1 is 0.366 bits per heavy atom. The molecule has 0 aromatic rings. The van der Waals surface area contributed by atoms with E-state index in [0.717, 1.165) is 77.0 Å². The zero-order valence-electron chi connectivity index (χ0n) is 62.4. The van der Waals surface area contributed by atoms with Crippen LogP contribution in [0.3, 0.4) is 0 Å². The van der Waals surface area contributed by atoms with Crippen molar-refractivity contribution < 1.29 is 89.4 Å². The number of carbonyl (C=O) groups excluding carboxylic acids is 1. The SMILES string of the molecule is CC/C=C\C/C=C\C/C=C\C/C=C\C/C=C\CCCCCCCCCCCCCCCCCCCC(=O)NC(COC1OC(CO)C(OC2OC(CO)C(OC3OC(CO)C(O)C(O)C3O)C(O)C2O)C(O)C1O)C(O)/C=C/CC/C=C/CC/C=C/CCCCCCCCCCCCCCC. The highest BCUT2D eigenvalue weighted by atomic mass is 16.8. The number of carbonyl (C=O) groups is 1. The summed E-state index contributed by atoms with van der Waals surface area (Å²) >= 11 is 0. The highest BCUT2D eigenvalue weighted by Crippen LogP contribution is 2.33. The molecule has 12 N–H and O–H groups in total. The van der Waals surface area contributed by atoms with Crippen LogP contribution in [0.1, 0.15) is 284 Å². The quantitative estimate of drug-likeness (QED) is 0.0199. The minimum atomic E-state index is -1.99. The van der Waals surface area contributed by atoms with Gasteiger partial charge in [0, 0.05) is 6.42 Å². The van der Waals surface area contributed by atoms with Gasteiger partial charge in [-0.15, -0.1) is 0 Å². The molecule has 17 unspecified atom stereocenters. The Balaban J connectivity index is 1.38. The minimum absolute atomic E-state index is 0.229. The Kier molecular flexibility index (Phi) is 56.3. The van der Waals surface area contributed by atoms with Gasteiger partial charge >= 0.3 is 0 Å². The number of hydrogen-bond acceptors (Lipinski definition) is 18. The average molecular weight is 1430 g/mol. The van der Waals surface area contributed by atoms with E-state index in [2.05, 4.69) is 104 Å². The molecule has 0 aromatic heterocycles. The molecular formula is C82H143NO18. The van der Waals surface area contributed by atoms with Gasteiger partial charge in [0.25, 0.3) is 0 Å². The second-order valence-corrected chi connectivity index (χ2v) is 28.1. The van der Waals surface area contributed by atoms with E-state index in [1.165, 1.54) is 173 Å². The zero-order valence-corrected chi connectivity index (χ0v) is 62.4. The Bertz CT molecular complexity index is 2200. The molecule has 19 nitrogen and oxygen atoms in total. The lowest BCUT2D eigenvalue weighted by atomic mass is 9.96. The predicted octanol–water partition coefficient (Wildman–Crippen LogP) is 13.2. The summed E-state index contributed by atoms with van der Waals surface area (Å²) < 4.78 is 34.4. The van der Waals surface area contributed by atoms with Crippen molar-refractivity contribution in [1.82, 2.24) is 5.32 Å². The number of aliphatic hydroxyl groups is 11. The summed E-state index contributed by atoms with van der Waals surface area (Å²) in [5.41, 5.74) is 0. The number of unbranched alkanes of at least 4 members (excludes halogenated alkanes) is 32. The van der Waals surface area contributed by atoms with Crippen molar-refractivity contribution in [3.8, 4) is 0 Å². The van der Waals surface area contributed by atoms with Crippen molar-refractivity contribution in [2.75, 3.05) is 26.4 Å². The van der Waals surface area contributed by atoms with E-state index in [1.807, 2.05) is 6.08 Å². The molecule has 0 aliphatic carbocycles. The Hall–Kier alpha value is -3.29. The fraction of sp³-hybridized carbons (Fsp3) is 0.793. The number of hydrogen-bond donors (Lipinski definition) is 12. The fourth-order valence-corrected chi connectivity index (χ4v) is 13.0. The second kappa shape index (κ2) is 61.8. The van der Waals surface area contributed by atoms with Crippen LogP contribution in [0.25, 0.3) is 0 Å². The summed E-state index contributed by atoms with van der Waals surface area (Å²) in [6.07, 6.45) is 56.8. The molecule has 1 amide bonds. The van der Waals surface area contributed by atoms with Crippen LogP contribution >= 0.6 is 0 Å². The molecule has 0 aromatic carbocycles. The largest absolute Gasteiger partial charge is 0.394 e. The van der Waals surface area contributed by atoms with Crippen LogP contribution < -0.4 is 5.32 Å². The van der Waals surface area contributed by atoms with Gasteiger partial charge in [-0.2, -0.15) is 0 Å². The van der Waals surface area contributed by atoms with Crippen molar-refractivity contribution in [1.29, 1.82) is 0 Å². The molecule has 19 heteroatoms. The van der Waals surface area contributed by atoms with E-state index in [-0.39, 0.29) is 18.9 Å². The predicted molar refractivity (Wildman–Crippen MR) is 401 cm³/mol. The fourth-order valence-electron chi connectivity index (χ4n) is 13.0. The Labute approximate surface area is 609 Å². The number of rotatable bonds is 62. The molecule has 3 saturated heterocycles. The van der Waals surface area contributed by atoms with Gasteiger partial charge in [-0.1, -0.05) is 284 Å². The van der Waals surface area contributed by atoms with Gasteiger partial charge in [-0.3, -0.25) is 4.79 Å². The van der Waals surface area contributed by atoms with Crippen LogP contribution in [-0.2, 0) is 33.2 Å². The lowest BCUT2D eigenvalue weighted by Gasteiger charge is -2.48. The van der Waals surface area contributed by atoms with Crippen LogP contribution in [-0.4, -0.2) is 193 Å². The average Bonchev–Trinajstić information content (AvgIpc) is 0.783. The van der Waals surface area contributed by atoms with Gasteiger partial charge in [0.05, 0.1) is 38.6 Å². The second-order valence-electron chi connectivity index (χ2n) is 28.1.